The quantitative estimate of drug-likeness (QED) is 0.561. The molecule has 2 N–H and O–H groups in total. The predicted molar refractivity (Wildman–Crippen MR) is 109 cm³/mol. The third-order valence-electron chi connectivity index (χ3n) is 4.41. The van der Waals surface area contributed by atoms with Crippen molar-refractivity contribution in [3.8, 4) is 17.2 Å². The van der Waals surface area contributed by atoms with Crippen molar-refractivity contribution in [1.29, 1.82) is 0 Å². The highest BCUT2D eigenvalue weighted by Crippen LogP contribution is 2.19. The molecule has 0 aliphatic heterocycles. The van der Waals surface area contributed by atoms with Gasteiger partial charge in [0.1, 0.15) is 5.82 Å². The van der Waals surface area contributed by atoms with Gasteiger partial charge in [-0.05, 0) is 50.2 Å². The van der Waals surface area contributed by atoms with E-state index in [4.69, 9.17) is 0 Å². The summed E-state index contributed by atoms with van der Waals surface area (Å²) in [6.45, 7) is 3.58. The average Bonchev–Trinajstić information content (AvgIpc) is 3.10. The van der Waals surface area contributed by atoms with Crippen molar-refractivity contribution in [3.63, 3.8) is 0 Å². The molecule has 0 spiro atoms. The van der Waals surface area contributed by atoms with Crippen molar-refractivity contribution in [2.75, 3.05) is 5.32 Å². The van der Waals surface area contributed by atoms with Crippen molar-refractivity contribution in [2.24, 2.45) is 0 Å². The fourth-order valence-electron chi connectivity index (χ4n) is 2.97. The van der Waals surface area contributed by atoms with Gasteiger partial charge in [0.25, 0.3) is 11.5 Å². The topological polar surface area (TPSA) is 106 Å². The molecule has 1 amide bonds. The van der Waals surface area contributed by atoms with Crippen LogP contribution in [0.5, 0.6) is 0 Å². The monoisotopic (exact) mass is 386 g/mol. The number of benzene rings is 1. The zero-order valence-corrected chi connectivity index (χ0v) is 15.9. The van der Waals surface area contributed by atoms with E-state index in [1.165, 1.54) is 12.3 Å². The number of hydrogen-bond donors (Lipinski definition) is 2. The van der Waals surface area contributed by atoms with Crippen LogP contribution in [-0.4, -0.2) is 30.6 Å². The van der Waals surface area contributed by atoms with Crippen molar-refractivity contribution in [3.05, 3.63) is 88.2 Å². The predicted octanol–water partition coefficient (Wildman–Crippen LogP) is 2.89. The molecule has 0 bridgehead atoms. The van der Waals surface area contributed by atoms with Crippen molar-refractivity contribution >= 4 is 11.6 Å². The van der Waals surface area contributed by atoms with Crippen LogP contribution >= 0.6 is 0 Å². The molecule has 0 radical (unpaired) electrons. The molecule has 0 unspecified atom stereocenters. The average molecular weight is 386 g/mol. The summed E-state index contributed by atoms with van der Waals surface area (Å²) in [5, 5.41) is 7.13. The summed E-state index contributed by atoms with van der Waals surface area (Å²) in [6.07, 6.45) is 3.20. The number of amides is 1. The summed E-state index contributed by atoms with van der Waals surface area (Å²) in [5.74, 6) is 0.868. The number of pyridine rings is 1. The Morgan fingerprint density at radius 3 is 2.59 bits per heavy atom. The second-order valence-electron chi connectivity index (χ2n) is 6.51. The SMILES string of the molecule is Cc1cc(=O)[nH]c(-c2ccc(NC(=O)c3cnn(-c4ccccn4)c3C)cc2)n1. The van der Waals surface area contributed by atoms with E-state index < -0.39 is 0 Å². The number of rotatable bonds is 4. The van der Waals surface area contributed by atoms with Crippen molar-refractivity contribution in [2.45, 2.75) is 13.8 Å². The van der Waals surface area contributed by atoms with Crippen molar-refractivity contribution in [1.82, 2.24) is 24.7 Å². The number of nitrogens with zero attached hydrogens (tertiary/aromatic N) is 4. The first-order valence-electron chi connectivity index (χ1n) is 8.97. The van der Waals surface area contributed by atoms with Crippen LogP contribution in [0.4, 0.5) is 5.69 Å². The fourth-order valence-corrected chi connectivity index (χ4v) is 2.97. The summed E-state index contributed by atoms with van der Waals surface area (Å²) >= 11 is 0. The zero-order valence-electron chi connectivity index (χ0n) is 15.9. The van der Waals surface area contributed by atoms with Gasteiger partial charge in [0.2, 0.25) is 0 Å². The number of nitrogens with one attached hydrogen (secondary N) is 2. The van der Waals surface area contributed by atoms with E-state index in [-0.39, 0.29) is 11.5 Å². The minimum absolute atomic E-state index is 0.203. The molecule has 0 saturated heterocycles. The van der Waals surface area contributed by atoms with Crippen LogP contribution in [0, 0.1) is 13.8 Å². The highest BCUT2D eigenvalue weighted by molar-refractivity contribution is 6.05. The zero-order chi connectivity index (χ0) is 20.4. The van der Waals surface area contributed by atoms with Gasteiger partial charge in [0.05, 0.1) is 17.5 Å². The van der Waals surface area contributed by atoms with Gasteiger partial charge in [-0.3, -0.25) is 9.59 Å². The Morgan fingerprint density at radius 1 is 1.10 bits per heavy atom. The molecule has 0 aliphatic carbocycles. The van der Waals surface area contributed by atoms with E-state index in [1.807, 2.05) is 25.1 Å². The summed E-state index contributed by atoms with van der Waals surface area (Å²) in [4.78, 5) is 35.6. The molecule has 0 saturated carbocycles. The van der Waals surface area contributed by atoms with Crippen molar-refractivity contribution < 1.29 is 4.79 Å². The Kier molecular flexibility index (Phi) is 4.74. The first kappa shape index (κ1) is 18.3. The van der Waals surface area contributed by atoms with E-state index >= 15 is 0 Å². The molecule has 0 atom stereocenters. The van der Waals surface area contributed by atoms with Gasteiger partial charge >= 0.3 is 0 Å². The van der Waals surface area contributed by atoms with E-state index in [0.29, 0.717) is 34.3 Å². The Labute approximate surface area is 166 Å². The minimum Gasteiger partial charge on any atom is -0.322 e. The molecule has 0 fully saturated rings. The maximum absolute atomic E-state index is 12.7. The van der Waals surface area contributed by atoms with Gasteiger partial charge in [0, 0.05) is 29.2 Å². The van der Waals surface area contributed by atoms with E-state index in [9.17, 15) is 9.59 Å². The minimum atomic E-state index is -0.264. The summed E-state index contributed by atoms with van der Waals surface area (Å²) in [5.41, 5.74) is 2.97. The van der Waals surface area contributed by atoms with Crippen LogP contribution in [-0.2, 0) is 0 Å². The molecule has 3 aromatic heterocycles. The molecular formula is C21H18N6O2. The molecule has 29 heavy (non-hydrogen) atoms. The molecular weight excluding hydrogens is 368 g/mol. The van der Waals surface area contributed by atoms with Gasteiger partial charge in [-0.25, -0.2) is 14.6 Å². The summed E-state index contributed by atoms with van der Waals surface area (Å²) < 4.78 is 1.62. The lowest BCUT2D eigenvalue weighted by atomic mass is 10.1. The maximum atomic E-state index is 12.7. The van der Waals surface area contributed by atoms with Crippen LogP contribution in [0.1, 0.15) is 21.7 Å². The number of H-pyrrole nitrogens is 1. The fraction of sp³-hybridized carbons (Fsp3) is 0.0952. The lowest BCUT2D eigenvalue weighted by Crippen LogP contribution is -2.13. The largest absolute Gasteiger partial charge is 0.322 e. The Morgan fingerprint density at radius 2 is 1.90 bits per heavy atom. The number of aryl methyl sites for hydroxylation is 1. The molecule has 8 nitrogen and oxygen atoms in total. The van der Waals surface area contributed by atoms with Gasteiger partial charge < -0.3 is 10.3 Å². The van der Waals surface area contributed by atoms with Gasteiger partial charge in [-0.15, -0.1) is 0 Å². The lowest BCUT2D eigenvalue weighted by molar-refractivity contribution is 0.102. The molecule has 144 valence electrons. The number of aromatic nitrogens is 5. The lowest BCUT2D eigenvalue weighted by Gasteiger charge is -2.07. The van der Waals surface area contributed by atoms with Crippen LogP contribution in [0.3, 0.4) is 0 Å². The third-order valence-corrected chi connectivity index (χ3v) is 4.41. The molecule has 4 aromatic rings. The number of hydrogen-bond acceptors (Lipinski definition) is 5. The van der Waals surface area contributed by atoms with E-state index in [2.05, 4.69) is 25.4 Å². The molecule has 1 aromatic carbocycles. The highest BCUT2D eigenvalue weighted by Gasteiger charge is 2.16. The van der Waals surface area contributed by atoms with Crippen LogP contribution in [0.15, 0.2) is 65.7 Å². The summed E-state index contributed by atoms with van der Waals surface area (Å²) in [7, 11) is 0. The normalized spacial score (nSPS) is 10.7. The summed E-state index contributed by atoms with van der Waals surface area (Å²) in [6, 6.07) is 14.0. The third kappa shape index (κ3) is 3.81. The highest BCUT2D eigenvalue weighted by atomic mass is 16.1. The molecule has 0 aliphatic rings. The van der Waals surface area contributed by atoms with Crippen LogP contribution in [0.25, 0.3) is 17.2 Å². The Hall–Kier alpha value is -4.07. The smallest absolute Gasteiger partial charge is 0.259 e. The first-order valence-corrected chi connectivity index (χ1v) is 8.97. The van der Waals surface area contributed by atoms with E-state index in [1.54, 1.807) is 42.1 Å². The standard InChI is InChI=1S/C21H18N6O2/c1-13-11-19(28)26-20(24-13)15-6-8-16(9-7-15)25-21(29)17-12-23-27(14(17)2)18-5-3-4-10-22-18/h3-12H,1-2H3,(H,25,29)(H,24,26,28). The Balaban J connectivity index is 1.53. The van der Waals surface area contributed by atoms with Gasteiger partial charge in [-0.1, -0.05) is 6.07 Å². The second kappa shape index (κ2) is 7.51. The Bertz CT molecular complexity index is 1230. The number of anilines is 1. The molecule has 3 heterocycles. The number of aromatic amines is 1. The van der Waals surface area contributed by atoms with Crippen LogP contribution < -0.4 is 10.9 Å². The maximum Gasteiger partial charge on any atom is 0.259 e. The van der Waals surface area contributed by atoms with Gasteiger partial charge in [-0.2, -0.15) is 5.10 Å². The number of carbonyl (C=O) groups excluding carboxylic acids is 1. The second-order valence-corrected chi connectivity index (χ2v) is 6.51. The molecule has 8 heteroatoms. The first-order chi connectivity index (χ1) is 14.0. The number of carbonyl (C=O) groups is 1. The molecule has 4 rings (SSSR count). The van der Waals surface area contributed by atoms with Crippen LogP contribution in [0.2, 0.25) is 0 Å². The van der Waals surface area contributed by atoms with E-state index in [0.717, 1.165) is 5.56 Å². The van der Waals surface area contributed by atoms with Gasteiger partial charge in [0.15, 0.2) is 5.82 Å².